The van der Waals surface area contributed by atoms with Crippen LogP contribution in [0.2, 0.25) is 0 Å². The zero-order chi connectivity index (χ0) is 42.0. The number of rotatable bonds is 7. The average molecular weight is 742 g/mol. The summed E-state index contributed by atoms with van der Waals surface area (Å²) >= 11 is 0. The van der Waals surface area contributed by atoms with Crippen LogP contribution in [0.4, 0.5) is 17.1 Å². The van der Waals surface area contributed by atoms with Gasteiger partial charge in [0.2, 0.25) is 0 Å². The third-order valence-corrected chi connectivity index (χ3v) is 11.8. The SMILES string of the molecule is [2H]c1c([2H])c(-c2ccc3ccccc3c2)c([2H])c(N(c2ccc(-c3cccc4ccccc34)cc2)c2ccc3c(c2)C(c2ccccc2)(c2ccccc2)c2ccccc2-3)c1[2H]. The molecule has 58 heavy (non-hydrogen) atoms. The van der Waals surface area contributed by atoms with E-state index in [4.69, 9.17) is 0 Å². The van der Waals surface area contributed by atoms with Crippen LogP contribution >= 0.6 is 0 Å². The maximum Gasteiger partial charge on any atom is 0.0714 e. The monoisotopic (exact) mass is 741 g/mol. The number of fused-ring (bicyclic) bond motifs is 5. The number of hydrogen-bond donors (Lipinski definition) is 0. The van der Waals surface area contributed by atoms with E-state index in [0.717, 1.165) is 71.9 Å². The largest absolute Gasteiger partial charge is 0.310 e. The van der Waals surface area contributed by atoms with Crippen LogP contribution < -0.4 is 4.90 Å². The van der Waals surface area contributed by atoms with Crippen molar-refractivity contribution < 1.29 is 5.48 Å². The van der Waals surface area contributed by atoms with Crippen LogP contribution in [-0.4, -0.2) is 0 Å². The van der Waals surface area contributed by atoms with Gasteiger partial charge in [0.1, 0.15) is 0 Å². The molecule has 1 aliphatic rings. The quantitative estimate of drug-likeness (QED) is 0.157. The molecule has 0 unspecified atom stereocenters. The Balaban J connectivity index is 1.18. The number of anilines is 3. The van der Waals surface area contributed by atoms with Crippen LogP contribution in [-0.2, 0) is 5.41 Å². The standard InChI is InChI=1S/C57H39N/c1-3-20-46(21-4-1)57(47-22-5-2-6-23-47)55-28-12-11-26-53(55)54-36-35-50(39-56(54)57)58(48-33-31-42(32-34-48)52-27-14-18-41-16-9-10-25-51(41)52)49-24-13-19-44(38-49)45-30-29-40-15-7-8-17-43(40)37-45/h1-39H/i13D,19D,24D,38D. The Hall–Kier alpha value is -7.48. The van der Waals surface area contributed by atoms with Gasteiger partial charge >= 0.3 is 0 Å². The van der Waals surface area contributed by atoms with Gasteiger partial charge in [-0.1, -0.05) is 194 Å². The van der Waals surface area contributed by atoms with E-state index in [1.54, 1.807) is 0 Å². The lowest BCUT2D eigenvalue weighted by atomic mass is 9.67. The summed E-state index contributed by atoms with van der Waals surface area (Å²) in [5, 5.41) is 4.34. The molecule has 0 N–H and O–H groups in total. The predicted molar refractivity (Wildman–Crippen MR) is 244 cm³/mol. The van der Waals surface area contributed by atoms with E-state index in [1.807, 2.05) is 59.5 Å². The summed E-state index contributed by atoms with van der Waals surface area (Å²) in [7, 11) is 0. The van der Waals surface area contributed by atoms with Gasteiger partial charge in [0.05, 0.1) is 10.9 Å². The number of nitrogens with zero attached hydrogens (tertiary/aromatic N) is 1. The first-order valence-corrected chi connectivity index (χ1v) is 19.8. The predicted octanol–water partition coefficient (Wildman–Crippen LogP) is 15.2. The Morgan fingerprint density at radius 2 is 0.966 bits per heavy atom. The van der Waals surface area contributed by atoms with Crippen molar-refractivity contribution in [3.63, 3.8) is 0 Å². The van der Waals surface area contributed by atoms with Crippen LogP contribution in [0.3, 0.4) is 0 Å². The second kappa shape index (κ2) is 13.9. The van der Waals surface area contributed by atoms with Crippen LogP contribution in [0.5, 0.6) is 0 Å². The van der Waals surface area contributed by atoms with Gasteiger partial charge in [-0.05, 0) is 120 Å². The molecule has 11 rings (SSSR count). The fourth-order valence-electron chi connectivity index (χ4n) is 9.18. The van der Waals surface area contributed by atoms with Crippen LogP contribution in [0, 0.1) is 0 Å². The minimum atomic E-state index is -0.677. The zero-order valence-corrected chi connectivity index (χ0v) is 31.7. The molecule has 0 aliphatic heterocycles. The molecule has 0 saturated carbocycles. The van der Waals surface area contributed by atoms with Gasteiger partial charge in [-0.15, -0.1) is 0 Å². The van der Waals surface area contributed by atoms with E-state index in [1.165, 1.54) is 5.56 Å². The Morgan fingerprint density at radius 1 is 0.362 bits per heavy atom. The fraction of sp³-hybridized carbons (Fsp3) is 0.0175. The van der Waals surface area contributed by atoms with Crippen LogP contribution in [0.25, 0.3) is 54.9 Å². The lowest BCUT2D eigenvalue weighted by Crippen LogP contribution is -2.28. The van der Waals surface area contributed by atoms with Gasteiger partial charge < -0.3 is 4.90 Å². The summed E-state index contributed by atoms with van der Waals surface area (Å²) in [4.78, 5) is 1.96. The summed E-state index contributed by atoms with van der Waals surface area (Å²) < 4.78 is 38.1. The molecule has 1 aliphatic carbocycles. The maximum atomic E-state index is 10.0. The fourth-order valence-corrected chi connectivity index (χ4v) is 9.18. The first-order valence-electron chi connectivity index (χ1n) is 21.8. The summed E-state index contributed by atoms with van der Waals surface area (Å²) in [6.45, 7) is 0. The lowest BCUT2D eigenvalue weighted by molar-refractivity contribution is 0.768. The first kappa shape index (κ1) is 29.8. The van der Waals surface area contributed by atoms with E-state index >= 15 is 0 Å². The molecule has 1 heteroatoms. The Labute approximate surface area is 345 Å². The topological polar surface area (TPSA) is 3.24 Å². The minimum absolute atomic E-state index is 0.0191. The molecule has 1 nitrogen and oxygen atoms in total. The number of hydrogen-bond acceptors (Lipinski definition) is 1. The van der Waals surface area contributed by atoms with E-state index in [-0.39, 0.29) is 29.9 Å². The van der Waals surface area contributed by atoms with Crippen molar-refractivity contribution in [2.75, 3.05) is 4.90 Å². The average Bonchev–Trinajstić information content (AvgIpc) is 3.63. The van der Waals surface area contributed by atoms with Gasteiger partial charge in [0.15, 0.2) is 0 Å². The normalized spacial score (nSPS) is 13.6. The number of benzene rings is 10. The van der Waals surface area contributed by atoms with Gasteiger partial charge in [0, 0.05) is 17.1 Å². The van der Waals surface area contributed by atoms with Crippen LogP contribution in [0.15, 0.2) is 236 Å². The molecule has 10 aromatic rings. The molecule has 0 spiro atoms. The minimum Gasteiger partial charge on any atom is -0.310 e. The Bertz CT molecular complexity index is 3300. The van der Waals surface area contributed by atoms with Crippen molar-refractivity contribution in [3.05, 3.63) is 259 Å². The van der Waals surface area contributed by atoms with E-state index in [0.29, 0.717) is 11.1 Å². The molecule has 0 radical (unpaired) electrons. The molecular formula is C57H39N. The molecule has 10 aromatic carbocycles. The van der Waals surface area contributed by atoms with Crippen molar-refractivity contribution in [2.24, 2.45) is 0 Å². The van der Waals surface area contributed by atoms with Crippen LogP contribution in [0.1, 0.15) is 27.7 Å². The molecule has 0 fully saturated rings. The van der Waals surface area contributed by atoms with Crippen molar-refractivity contribution in [2.45, 2.75) is 5.41 Å². The molecule has 0 saturated heterocycles. The highest BCUT2D eigenvalue weighted by atomic mass is 15.1. The highest BCUT2D eigenvalue weighted by molar-refractivity contribution is 5.97. The van der Waals surface area contributed by atoms with Gasteiger partial charge in [-0.25, -0.2) is 0 Å². The molecule has 0 heterocycles. The van der Waals surface area contributed by atoms with Gasteiger partial charge in [-0.3, -0.25) is 0 Å². The van der Waals surface area contributed by atoms with E-state index in [2.05, 4.69) is 158 Å². The van der Waals surface area contributed by atoms with E-state index < -0.39 is 5.41 Å². The van der Waals surface area contributed by atoms with Gasteiger partial charge in [-0.2, -0.15) is 0 Å². The zero-order valence-electron chi connectivity index (χ0n) is 35.7. The highest BCUT2D eigenvalue weighted by Gasteiger charge is 2.46. The van der Waals surface area contributed by atoms with Crippen molar-refractivity contribution in [3.8, 4) is 33.4 Å². The second-order valence-corrected chi connectivity index (χ2v) is 15.0. The Kier molecular flexibility index (Phi) is 7.14. The molecule has 0 aromatic heterocycles. The lowest BCUT2D eigenvalue weighted by Gasteiger charge is -2.35. The van der Waals surface area contributed by atoms with Crippen molar-refractivity contribution in [1.82, 2.24) is 0 Å². The summed E-state index contributed by atoms with van der Waals surface area (Å²) in [5.74, 6) is 0. The summed E-state index contributed by atoms with van der Waals surface area (Å²) in [6, 6.07) is 72.8. The third kappa shape index (κ3) is 5.47. The Morgan fingerprint density at radius 3 is 1.76 bits per heavy atom. The molecule has 0 atom stereocenters. The second-order valence-electron chi connectivity index (χ2n) is 15.0. The third-order valence-electron chi connectivity index (χ3n) is 11.8. The van der Waals surface area contributed by atoms with Gasteiger partial charge in [0.25, 0.3) is 0 Å². The highest BCUT2D eigenvalue weighted by Crippen LogP contribution is 2.57. The van der Waals surface area contributed by atoms with E-state index in [9.17, 15) is 5.48 Å². The summed E-state index contributed by atoms with van der Waals surface area (Å²) in [5.41, 5.74) is 11.0. The maximum absolute atomic E-state index is 10.0. The molecule has 0 amide bonds. The van der Waals surface area contributed by atoms with Crippen molar-refractivity contribution >= 4 is 38.6 Å². The molecule has 272 valence electrons. The van der Waals surface area contributed by atoms with Crippen molar-refractivity contribution in [1.29, 1.82) is 0 Å². The summed E-state index contributed by atoms with van der Waals surface area (Å²) in [6.07, 6.45) is 0. The smallest absolute Gasteiger partial charge is 0.0714 e. The first-order chi connectivity index (χ1) is 30.4. The molecule has 0 bridgehead atoms. The molecular weight excluding hydrogens is 699 g/mol.